The van der Waals surface area contributed by atoms with Crippen LogP contribution < -0.4 is 0 Å². The van der Waals surface area contributed by atoms with Crippen molar-refractivity contribution in [1.29, 1.82) is 0 Å². The Kier molecular flexibility index (Phi) is 3.23. The highest BCUT2D eigenvalue weighted by molar-refractivity contribution is 6.35. The van der Waals surface area contributed by atoms with E-state index in [1.54, 1.807) is 0 Å². The summed E-state index contributed by atoms with van der Waals surface area (Å²) < 4.78 is 0. The molecule has 4 rings (SSSR count). The maximum atomic E-state index is 12.8. The Hall–Kier alpha value is -3.80. The average Bonchev–Trinajstić information content (AvgIpc) is 2.61. The lowest BCUT2D eigenvalue weighted by molar-refractivity contribution is 0.0959. The largest absolute Gasteiger partial charge is 0.507 e. The van der Waals surface area contributed by atoms with Crippen LogP contribution in [0.2, 0.25) is 0 Å². The van der Waals surface area contributed by atoms with Crippen molar-refractivity contribution in [3.05, 3.63) is 82.0 Å². The van der Waals surface area contributed by atoms with Gasteiger partial charge in [0.15, 0.2) is 23.1 Å². The van der Waals surface area contributed by atoms with E-state index in [2.05, 4.69) is 0 Å². The first-order chi connectivity index (χ1) is 12.4. The van der Waals surface area contributed by atoms with Crippen molar-refractivity contribution < 1.29 is 29.4 Å². The van der Waals surface area contributed by atoms with E-state index in [1.807, 2.05) is 0 Å². The lowest BCUT2D eigenvalue weighted by atomic mass is 9.79. The van der Waals surface area contributed by atoms with E-state index in [0.29, 0.717) is 0 Å². The molecule has 2 N–H and O–H groups in total. The zero-order chi connectivity index (χ0) is 18.6. The summed E-state index contributed by atoms with van der Waals surface area (Å²) in [4.78, 5) is 50.2. The fraction of sp³-hybridized carbons (Fsp3) is 0. The van der Waals surface area contributed by atoms with Crippen molar-refractivity contribution in [3.8, 4) is 11.5 Å². The molecule has 0 saturated carbocycles. The van der Waals surface area contributed by atoms with Crippen LogP contribution in [0.5, 0.6) is 11.5 Å². The van der Waals surface area contributed by atoms with Crippen LogP contribution in [0.3, 0.4) is 0 Å². The summed E-state index contributed by atoms with van der Waals surface area (Å²) in [5, 5.41) is 19.9. The molecule has 2 aromatic rings. The molecule has 2 aliphatic carbocycles. The quantitative estimate of drug-likeness (QED) is 0.821. The number of carbonyl (C=O) groups excluding carboxylic acids is 4. The first-order valence-electron chi connectivity index (χ1n) is 7.66. The van der Waals surface area contributed by atoms with Crippen LogP contribution in [0.15, 0.2) is 59.7 Å². The van der Waals surface area contributed by atoms with Crippen molar-refractivity contribution in [2.75, 3.05) is 0 Å². The van der Waals surface area contributed by atoms with E-state index < -0.39 is 23.1 Å². The van der Waals surface area contributed by atoms with Crippen LogP contribution in [0.4, 0.5) is 0 Å². The molecule has 2 aliphatic rings. The van der Waals surface area contributed by atoms with Gasteiger partial charge in [0.05, 0.1) is 11.1 Å². The fourth-order valence-corrected chi connectivity index (χ4v) is 3.19. The highest BCUT2D eigenvalue weighted by Gasteiger charge is 2.36. The Labute approximate surface area is 146 Å². The van der Waals surface area contributed by atoms with Gasteiger partial charge in [-0.3, -0.25) is 19.2 Å². The molecule has 0 radical (unpaired) electrons. The highest BCUT2D eigenvalue weighted by atomic mass is 16.3. The van der Waals surface area contributed by atoms with Crippen LogP contribution >= 0.6 is 0 Å². The van der Waals surface area contributed by atoms with Gasteiger partial charge in [-0.05, 0) is 24.3 Å². The molecular formula is C20H10O6. The third-order valence-corrected chi connectivity index (χ3v) is 4.40. The van der Waals surface area contributed by atoms with Gasteiger partial charge in [0, 0.05) is 22.3 Å². The molecule has 26 heavy (non-hydrogen) atoms. The number of aromatic hydroxyl groups is 2. The van der Waals surface area contributed by atoms with Crippen molar-refractivity contribution in [3.63, 3.8) is 0 Å². The van der Waals surface area contributed by atoms with E-state index in [1.165, 1.54) is 36.4 Å². The van der Waals surface area contributed by atoms with E-state index in [4.69, 9.17) is 0 Å². The fourth-order valence-electron chi connectivity index (χ4n) is 3.19. The number of fused-ring (bicyclic) bond motifs is 2. The van der Waals surface area contributed by atoms with Gasteiger partial charge in [0.25, 0.3) is 0 Å². The molecule has 0 spiro atoms. The number of ketones is 4. The van der Waals surface area contributed by atoms with Gasteiger partial charge in [-0.25, -0.2) is 0 Å². The van der Waals surface area contributed by atoms with E-state index in [9.17, 15) is 29.4 Å². The van der Waals surface area contributed by atoms with Gasteiger partial charge in [0.1, 0.15) is 11.5 Å². The topological polar surface area (TPSA) is 109 Å². The molecule has 0 bridgehead atoms. The molecule has 0 saturated heterocycles. The number of hydrogen-bond acceptors (Lipinski definition) is 6. The van der Waals surface area contributed by atoms with Gasteiger partial charge in [-0.2, -0.15) is 0 Å². The number of allylic oxidation sites excluding steroid dienone is 4. The van der Waals surface area contributed by atoms with Gasteiger partial charge >= 0.3 is 0 Å². The molecule has 126 valence electrons. The molecule has 6 heteroatoms. The van der Waals surface area contributed by atoms with E-state index >= 15 is 0 Å². The molecular weight excluding hydrogens is 336 g/mol. The van der Waals surface area contributed by atoms with Gasteiger partial charge in [0.2, 0.25) is 0 Å². The number of phenolic OH excluding ortho intramolecular Hbond substituents is 2. The van der Waals surface area contributed by atoms with Gasteiger partial charge in [-0.15, -0.1) is 0 Å². The van der Waals surface area contributed by atoms with Crippen molar-refractivity contribution in [2.24, 2.45) is 0 Å². The third-order valence-electron chi connectivity index (χ3n) is 4.40. The van der Waals surface area contributed by atoms with Gasteiger partial charge < -0.3 is 10.2 Å². The number of benzene rings is 2. The Bertz CT molecular complexity index is 1030. The molecule has 0 aromatic heterocycles. The average molecular weight is 346 g/mol. The predicted octanol–water partition coefficient (Wildman–Crippen LogP) is 2.41. The summed E-state index contributed by atoms with van der Waals surface area (Å²) in [6.45, 7) is 0. The lowest BCUT2D eigenvalue weighted by Gasteiger charge is -2.21. The molecule has 0 atom stereocenters. The molecule has 0 aliphatic heterocycles. The third kappa shape index (κ3) is 2.05. The van der Waals surface area contributed by atoms with Crippen molar-refractivity contribution >= 4 is 23.1 Å². The number of hydrogen-bond donors (Lipinski definition) is 2. The molecule has 6 nitrogen and oxygen atoms in total. The molecule has 0 unspecified atom stereocenters. The molecule has 0 amide bonds. The summed E-state index contributed by atoms with van der Waals surface area (Å²) in [6, 6.07) is 8.17. The van der Waals surface area contributed by atoms with Crippen LogP contribution in [-0.4, -0.2) is 33.3 Å². The zero-order valence-corrected chi connectivity index (χ0v) is 13.1. The molecule has 0 heterocycles. The normalized spacial score (nSPS) is 16.0. The van der Waals surface area contributed by atoms with Crippen LogP contribution in [0.1, 0.15) is 41.4 Å². The Morgan fingerprint density at radius 1 is 0.577 bits per heavy atom. The van der Waals surface area contributed by atoms with E-state index in [-0.39, 0.29) is 44.9 Å². The van der Waals surface area contributed by atoms with Gasteiger partial charge in [-0.1, -0.05) is 24.3 Å². The second-order valence-electron chi connectivity index (χ2n) is 5.90. The Morgan fingerprint density at radius 2 is 0.962 bits per heavy atom. The SMILES string of the molecule is O=C1C=C(C2=CC(=O)c3cccc(O)c3C2=O)C(=O)c2c(O)cccc21. The van der Waals surface area contributed by atoms with Crippen LogP contribution in [0.25, 0.3) is 0 Å². The summed E-state index contributed by atoms with van der Waals surface area (Å²) in [5.74, 6) is -3.35. The lowest BCUT2D eigenvalue weighted by Crippen LogP contribution is -2.25. The minimum absolute atomic E-state index is 0.0252. The molecule has 0 fully saturated rings. The minimum Gasteiger partial charge on any atom is -0.507 e. The number of carbonyl (C=O) groups is 4. The summed E-state index contributed by atoms with van der Waals surface area (Å²) >= 11 is 0. The number of Topliss-reactive ketones (excluding diaryl/α,β-unsaturated/α-hetero) is 2. The number of rotatable bonds is 1. The maximum Gasteiger partial charge on any atom is 0.198 e. The monoisotopic (exact) mass is 346 g/mol. The summed E-state index contributed by atoms with van der Waals surface area (Å²) in [5.41, 5.74) is -0.930. The highest BCUT2D eigenvalue weighted by Crippen LogP contribution is 2.36. The standard InChI is InChI=1S/C20H10O6/c21-13-5-1-3-9-15(23)7-11(19(25)17(9)13)12-8-16(24)10-4-2-6-14(22)18(10)20(12)26/h1-8,21-22H. The van der Waals surface area contributed by atoms with Crippen molar-refractivity contribution in [1.82, 2.24) is 0 Å². The van der Waals surface area contributed by atoms with Crippen molar-refractivity contribution in [2.45, 2.75) is 0 Å². The maximum absolute atomic E-state index is 12.8. The summed E-state index contributed by atoms with van der Waals surface area (Å²) in [6.07, 6.45) is 1.96. The first kappa shape index (κ1) is 15.7. The first-order valence-corrected chi connectivity index (χ1v) is 7.66. The second kappa shape index (κ2) is 5.35. The summed E-state index contributed by atoms with van der Waals surface area (Å²) in [7, 11) is 0. The predicted molar refractivity (Wildman–Crippen MR) is 89.7 cm³/mol. The number of phenols is 2. The van der Waals surface area contributed by atoms with Crippen LogP contribution in [-0.2, 0) is 0 Å². The zero-order valence-electron chi connectivity index (χ0n) is 13.1. The van der Waals surface area contributed by atoms with Crippen LogP contribution in [0, 0.1) is 0 Å². The smallest absolute Gasteiger partial charge is 0.198 e. The van der Waals surface area contributed by atoms with E-state index in [0.717, 1.165) is 12.2 Å². The Morgan fingerprint density at radius 3 is 1.35 bits per heavy atom. The minimum atomic E-state index is -0.732. The second-order valence-corrected chi connectivity index (χ2v) is 5.90. The molecule has 2 aromatic carbocycles. The Balaban J connectivity index is 1.90.